The fourth-order valence-corrected chi connectivity index (χ4v) is 4.04. The van der Waals surface area contributed by atoms with E-state index in [0.29, 0.717) is 13.1 Å². The number of hydrogen-bond donors (Lipinski definition) is 1. The summed E-state index contributed by atoms with van der Waals surface area (Å²) in [6.45, 7) is 0.853. The van der Waals surface area contributed by atoms with Crippen molar-refractivity contribution in [2.45, 2.75) is 13.0 Å². The number of aromatic hydroxyl groups is 1. The van der Waals surface area contributed by atoms with E-state index in [-0.39, 0.29) is 23.8 Å². The summed E-state index contributed by atoms with van der Waals surface area (Å²) >= 11 is 1.71. The first kappa shape index (κ1) is 16.6. The number of thiophene rings is 1. The van der Waals surface area contributed by atoms with E-state index in [1.165, 1.54) is 10.9 Å². The van der Waals surface area contributed by atoms with E-state index in [9.17, 15) is 14.7 Å². The zero-order valence-corrected chi connectivity index (χ0v) is 14.8. The predicted octanol–water partition coefficient (Wildman–Crippen LogP) is 3.35. The minimum atomic E-state index is -0.699. The summed E-state index contributed by atoms with van der Waals surface area (Å²) in [5, 5.41) is 13.8. The van der Waals surface area contributed by atoms with Crippen molar-refractivity contribution in [1.29, 1.82) is 0 Å². The van der Waals surface area contributed by atoms with Gasteiger partial charge in [0.1, 0.15) is 11.3 Å². The summed E-state index contributed by atoms with van der Waals surface area (Å²) in [6.07, 6.45) is 0.831. The molecule has 4 rings (SSSR count). The third-order valence-electron chi connectivity index (χ3n) is 4.57. The minimum Gasteiger partial charge on any atom is -0.507 e. The summed E-state index contributed by atoms with van der Waals surface area (Å²) in [4.78, 5) is 27.7. The van der Waals surface area contributed by atoms with Gasteiger partial charge < -0.3 is 14.7 Å². The highest BCUT2D eigenvalue weighted by Gasteiger charge is 2.23. The maximum Gasteiger partial charge on any atom is 0.342 e. The molecular weight excluding hydrogens is 350 g/mol. The number of ether oxygens (including phenoxy) is 1. The fourth-order valence-electron chi connectivity index (χ4n) is 3.15. The van der Waals surface area contributed by atoms with Gasteiger partial charge in [-0.2, -0.15) is 0 Å². The fraction of sp³-hybridized carbons (Fsp3) is 0.200. The molecule has 3 aromatic rings. The van der Waals surface area contributed by atoms with Crippen LogP contribution in [0.1, 0.15) is 20.8 Å². The van der Waals surface area contributed by atoms with Crippen LogP contribution in [0.2, 0.25) is 0 Å². The number of amides is 1. The van der Waals surface area contributed by atoms with Crippen molar-refractivity contribution in [3.63, 3.8) is 0 Å². The van der Waals surface area contributed by atoms with Crippen LogP contribution in [-0.2, 0) is 22.5 Å². The summed E-state index contributed by atoms with van der Waals surface area (Å²) in [7, 11) is 0. The first-order valence-electron chi connectivity index (χ1n) is 8.34. The van der Waals surface area contributed by atoms with E-state index in [2.05, 4.69) is 0 Å². The molecule has 0 saturated heterocycles. The Morgan fingerprint density at radius 3 is 2.73 bits per heavy atom. The zero-order chi connectivity index (χ0) is 18.1. The molecule has 5 nitrogen and oxygen atoms in total. The molecule has 0 radical (unpaired) electrons. The molecule has 0 bridgehead atoms. The molecule has 0 saturated carbocycles. The standard InChI is InChI=1S/C20H17NO4S/c22-17-10-14-4-2-1-3-13(14)9-16(17)20(24)25-12-19(23)21-7-5-18-15(11-21)6-8-26-18/h1-4,6,8-10,22H,5,7,11-12H2. The van der Waals surface area contributed by atoms with Crippen LogP contribution in [0.4, 0.5) is 0 Å². The van der Waals surface area contributed by atoms with Gasteiger partial charge >= 0.3 is 5.97 Å². The van der Waals surface area contributed by atoms with Gasteiger partial charge in [0.15, 0.2) is 6.61 Å². The molecule has 2 aromatic carbocycles. The van der Waals surface area contributed by atoms with E-state index < -0.39 is 5.97 Å². The number of hydrogen-bond acceptors (Lipinski definition) is 5. The Labute approximate surface area is 154 Å². The number of phenolic OH excluding ortho intramolecular Hbond substituents is 1. The Kier molecular flexibility index (Phi) is 4.34. The topological polar surface area (TPSA) is 66.8 Å². The van der Waals surface area contributed by atoms with Crippen LogP contribution in [0.25, 0.3) is 10.8 Å². The number of nitrogens with zero attached hydrogens (tertiary/aromatic N) is 1. The molecule has 0 aliphatic carbocycles. The molecule has 0 fully saturated rings. The second-order valence-corrected chi connectivity index (χ2v) is 7.23. The molecule has 1 aliphatic rings. The molecule has 1 amide bonds. The number of fused-ring (bicyclic) bond motifs is 2. The van der Waals surface area contributed by atoms with Crippen molar-refractivity contribution in [2.75, 3.05) is 13.2 Å². The maximum atomic E-state index is 12.4. The van der Waals surface area contributed by atoms with E-state index in [1.54, 1.807) is 22.3 Å². The van der Waals surface area contributed by atoms with Crippen LogP contribution in [-0.4, -0.2) is 35.0 Å². The SMILES string of the molecule is O=C(OCC(=O)N1CCc2sccc2C1)c1cc2ccccc2cc1O. The van der Waals surface area contributed by atoms with E-state index in [0.717, 1.165) is 22.8 Å². The van der Waals surface area contributed by atoms with Gasteiger partial charge in [0, 0.05) is 18.0 Å². The smallest absolute Gasteiger partial charge is 0.342 e. The lowest BCUT2D eigenvalue weighted by Crippen LogP contribution is -2.38. The van der Waals surface area contributed by atoms with Gasteiger partial charge in [-0.1, -0.05) is 24.3 Å². The largest absolute Gasteiger partial charge is 0.507 e. The summed E-state index contributed by atoms with van der Waals surface area (Å²) in [6, 6.07) is 12.5. The lowest BCUT2D eigenvalue weighted by atomic mass is 10.1. The van der Waals surface area contributed by atoms with Gasteiger partial charge in [-0.25, -0.2) is 4.79 Å². The molecule has 1 N–H and O–H groups in total. The average molecular weight is 367 g/mol. The highest BCUT2D eigenvalue weighted by molar-refractivity contribution is 7.10. The van der Waals surface area contributed by atoms with Crippen LogP contribution in [0.15, 0.2) is 47.8 Å². The Hall–Kier alpha value is -2.86. The normalized spacial score (nSPS) is 13.5. The molecule has 1 aliphatic heterocycles. The van der Waals surface area contributed by atoms with Gasteiger partial charge in [0.2, 0.25) is 0 Å². The van der Waals surface area contributed by atoms with Crippen LogP contribution in [0.3, 0.4) is 0 Å². The van der Waals surface area contributed by atoms with Crippen LogP contribution >= 0.6 is 11.3 Å². The number of rotatable bonds is 3. The quantitative estimate of drug-likeness (QED) is 0.721. The number of carbonyl (C=O) groups is 2. The van der Waals surface area contributed by atoms with Gasteiger partial charge in [-0.15, -0.1) is 11.3 Å². The molecule has 1 aromatic heterocycles. The molecular formula is C20H17NO4S. The maximum absolute atomic E-state index is 12.4. The number of benzene rings is 2. The van der Waals surface area contributed by atoms with Gasteiger partial charge in [0.25, 0.3) is 5.91 Å². The number of phenols is 1. The Morgan fingerprint density at radius 1 is 1.15 bits per heavy atom. The summed E-state index contributed by atoms with van der Waals surface area (Å²) in [5.74, 6) is -1.08. The van der Waals surface area contributed by atoms with Crippen LogP contribution < -0.4 is 0 Å². The van der Waals surface area contributed by atoms with Crippen molar-refractivity contribution in [3.8, 4) is 5.75 Å². The van der Waals surface area contributed by atoms with Crippen molar-refractivity contribution >= 4 is 34.0 Å². The molecule has 0 atom stereocenters. The number of esters is 1. The Bertz CT molecular complexity index is 994. The Balaban J connectivity index is 1.42. The van der Waals surface area contributed by atoms with E-state index in [1.807, 2.05) is 35.7 Å². The lowest BCUT2D eigenvalue weighted by Gasteiger charge is -2.26. The second kappa shape index (κ2) is 6.80. The van der Waals surface area contributed by atoms with Gasteiger partial charge in [-0.3, -0.25) is 4.79 Å². The van der Waals surface area contributed by atoms with E-state index in [4.69, 9.17) is 4.74 Å². The predicted molar refractivity (Wildman–Crippen MR) is 99.3 cm³/mol. The number of carbonyl (C=O) groups excluding carboxylic acids is 2. The first-order valence-corrected chi connectivity index (χ1v) is 9.21. The van der Waals surface area contributed by atoms with Gasteiger partial charge in [0.05, 0.1) is 0 Å². The Morgan fingerprint density at radius 2 is 1.92 bits per heavy atom. The van der Waals surface area contributed by atoms with E-state index >= 15 is 0 Å². The summed E-state index contributed by atoms with van der Waals surface area (Å²) in [5.41, 5.74) is 1.23. The zero-order valence-electron chi connectivity index (χ0n) is 14.0. The third kappa shape index (κ3) is 3.15. The van der Waals surface area contributed by atoms with Crippen molar-refractivity contribution in [1.82, 2.24) is 4.90 Å². The van der Waals surface area contributed by atoms with Gasteiger partial charge in [-0.05, 0) is 46.3 Å². The summed E-state index contributed by atoms with van der Waals surface area (Å²) < 4.78 is 5.15. The highest BCUT2D eigenvalue weighted by Crippen LogP contribution is 2.26. The highest BCUT2D eigenvalue weighted by atomic mass is 32.1. The molecule has 2 heterocycles. The first-order chi connectivity index (χ1) is 12.6. The molecule has 0 spiro atoms. The molecule has 0 unspecified atom stereocenters. The van der Waals surface area contributed by atoms with Crippen LogP contribution in [0, 0.1) is 0 Å². The van der Waals surface area contributed by atoms with Crippen LogP contribution in [0.5, 0.6) is 5.75 Å². The minimum absolute atomic E-state index is 0.0651. The second-order valence-electron chi connectivity index (χ2n) is 6.23. The van der Waals surface area contributed by atoms with Crippen molar-refractivity contribution in [2.24, 2.45) is 0 Å². The molecule has 132 valence electrons. The third-order valence-corrected chi connectivity index (χ3v) is 5.59. The monoisotopic (exact) mass is 367 g/mol. The average Bonchev–Trinajstić information content (AvgIpc) is 3.13. The van der Waals surface area contributed by atoms with Crippen molar-refractivity contribution in [3.05, 3.63) is 63.8 Å². The molecule has 6 heteroatoms. The lowest BCUT2D eigenvalue weighted by molar-refractivity contribution is -0.135. The molecule has 26 heavy (non-hydrogen) atoms. The van der Waals surface area contributed by atoms with Crippen molar-refractivity contribution < 1.29 is 19.4 Å².